The second kappa shape index (κ2) is 6.50. The minimum Gasteiger partial charge on any atom is -0.450 e. The number of carbonyl (C=O) groups is 1. The number of rotatable bonds is 3. The maximum Gasteiger partial charge on any atom is 0.339 e. The molecule has 3 nitrogen and oxygen atoms in total. The number of benzene rings is 1. The lowest BCUT2D eigenvalue weighted by molar-refractivity contribution is -0.0242. The van der Waals surface area contributed by atoms with Crippen LogP contribution in [-0.4, -0.2) is 19.1 Å². The predicted molar refractivity (Wildman–Crippen MR) is 104 cm³/mol. The second-order valence-corrected chi connectivity index (χ2v) is 8.90. The Morgan fingerprint density at radius 2 is 2.12 bits per heavy atom. The quantitative estimate of drug-likeness (QED) is 0.809. The lowest BCUT2D eigenvalue weighted by Crippen LogP contribution is -2.39. The number of ether oxygens (including phenoxy) is 1. The molecule has 26 heavy (non-hydrogen) atoms. The molecule has 1 fully saturated rings. The molecule has 0 amide bonds. The third-order valence-corrected chi connectivity index (χ3v) is 7.48. The van der Waals surface area contributed by atoms with Crippen molar-refractivity contribution in [2.75, 3.05) is 13.1 Å². The van der Waals surface area contributed by atoms with Gasteiger partial charge in [-0.2, -0.15) is 0 Å². The minimum absolute atomic E-state index is 0.0997. The van der Waals surface area contributed by atoms with E-state index in [1.165, 1.54) is 24.8 Å². The zero-order valence-corrected chi connectivity index (χ0v) is 15.9. The standard InChI is InChI=1S/C22H25NO2S/c24-21-20-16(8-7-15-3-2-6-19-17(15)9-14-26-19)4-1-5-18(20)22(25-21)10-12-23-13-11-22/h1,4-5,9,14-15,23H,2-3,6-8,10-13H2. The fourth-order valence-electron chi connectivity index (χ4n) is 5.13. The van der Waals surface area contributed by atoms with Crippen LogP contribution in [0.5, 0.6) is 0 Å². The largest absolute Gasteiger partial charge is 0.450 e. The maximum atomic E-state index is 12.7. The summed E-state index contributed by atoms with van der Waals surface area (Å²) in [6, 6.07) is 8.69. The molecule has 1 aliphatic carbocycles. The number of carbonyl (C=O) groups excluding carboxylic acids is 1. The number of thiophene rings is 1. The molecule has 4 heteroatoms. The van der Waals surface area contributed by atoms with Gasteiger partial charge < -0.3 is 10.1 Å². The van der Waals surface area contributed by atoms with Gasteiger partial charge in [0, 0.05) is 23.3 Å². The van der Waals surface area contributed by atoms with Crippen molar-refractivity contribution < 1.29 is 9.53 Å². The number of piperidine rings is 1. The SMILES string of the molecule is O=C1OC2(CCNCC2)c2cccc(CCC3CCCc4sccc43)c21. The molecule has 1 atom stereocenters. The molecule has 1 aromatic carbocycles. The van der Waals surface area contributed by atoms with Gasteiger partial charge in [0.05, 0.1) is 5.56 Å². The summed E-state index contributed by atoms with van der Waals surface area (Å²) in [6.45, 7) is 1.83. The number of esters is 1. The fourth-order valence-corrected chi connectivity index (χ4v) is 6.14. The van der Waals surface area contributed by atoms with E-state index in [2.05, 4.69) is 35.0 Å². The third-order valence-electron chi connectivity index (χ3n) is 6.48. The molecule has 0 bridgehead atoms. The first-order valence-electron chi connectivity index (χ1n) is 9.89. The summed E-state index contributed by atoms with van der Waals surface area (Å²) < 4.78 is 5.96. The summed E-state index contributed by atoms with van der Waals surface area (Å²) in [5.41, 5.74) is 4.38. The van der Waals surface area contributed by atoms with Crippen LogP contribution in [0.3, 0.4) is 0 Å². The Labute approximate surface area is 158 Å². The topological polar surface area (TPSA) is 38.3 Å². The Morgan fingerprint density at radius 1 is 1.23 bits per heavy atom. The van der Waals surface area contributed by atoms with Crippen molar-refractivity contribution in [2.24, 2.45) is 0 Å². The van der Waals surface area contributed by atoms with E-state index in [1.807, 2.05) is 11.3 Å². The van der Waals surface area contributed by atoms with Gasteiger partial charge in [-0.15, -0.1) is 11.3 Å². The highest BCUT2D eigenvalue weighted by Gasteiger charge is 2.46. The Kier molecular flexibility index (Phi) is 4.13. The van der Waals surface area contributed by atoms with Gasteiger partial charge in [0.1, 0.15) is 5.60 Å². The minimum atomic E-state index is -0.376. The van der Waals surface area contributed by atoms with E-state index in [1.54, 1.807) is 10.4 Å². The van der Waals surface area contributed by atoms with E-state index in [4.69, 9.17) is 4.74 Å². The molecule has 1 saturated heterocycles. The van der Waals surface area contributed by atoms with E-state index in [9.17, 15) is 4.79 Å². The number of aryl methyl sites for hydroxylation is 2. The summed E-state index contributed by atoms with van der Waals surface area (Å²) in [4.78, 5) is 14.3. The molecule has 2 aromatic rings. The van der Waals surface area contributed by atoms with Crippen LogP contribution in [0.25, 0.3) is 0 Å². The summed E-state index contributed by atoms with van der Waals surface area (Å²) in [5, 5.41) is 5.62. The van der Waals surface area contributed by atoms with E-state index >= 15 is 0 Å². The van der Waals surface area contributed by atoms with Gasteiger partial charge in [0.25, 0.3) is 0 Å². The molecule has 1 unspecified atom stereocenters. The molecule has 3 aliphatic rings. The molecular weight excluding hydrogens is 342 g/mol. The lowest BCUT2D eigenvalue weighted by Gasteiger charge is -2.33. The Balaban J connectivity index is 1.41. The van der Waals surface area contributed by atoms with Crippen molar-refractivity contribution in [3.63, 3.8) is 0 Å². The van der Waals surface area contributed by atoms with Gasteiger partial charge >= 0.3 is 5.97 Å². The van der Waals surface area contributed by atoms with Crippen molar-refractivity contribution in [2.45, 2.75) is 56.5 Å². The Bertz CT molecular complexity index is 834. The van der Waals surface area contributed by atoms with Crippen molar-refractivity contribution in [1.82, 2.24) is 5.32 Å². The smallest absolute Gasteiger partial charge is 0.339 e. The number of fused-ring (bicyclic) bond motifs is 3. The van der Waals surface area contributed by atoms with Gasteiger partial charge in [-0.1, -0.05) is 18.2 Å². The summed E-state index contributed by atoms with van der Waals surface area (Å²) in [5.74, 6) is 0.545. The van der Waals surface area contributed by atoms with Crippen LogP contribution in [-0.2, 0) is 23.2 Å². The zero-order chi connectivity index (χ0) is 17.6. The highest BCUT2D eigenvalue weighted by Crippen LogP contribution is 2.45. The predicted octanol–water partition coefficient (Wildman–Crippen LogP) is 4.55. The molecule has 1 N–H and O–H groups in total. The van der Waals surface area contributed by atoms with Crippen molar-refractivity contribution in [1.29, 1.82) is 0 Å². The molecular formula is C22H25NO2S. The van der Waals surface area contributed by atoms with E-state index in [0.717, 1.165) is 49.9 Å². The average molecular weight is 368 g/mol. The molecule has 3 heterocycles. The van der Waals surface area contributed by atoms with Crippen LogP contribution in [0.4, 0.5) is 0 Å². The monoisotopic (exact) mass is 367 g/mol. The highest BCUT2D eigenvalue weighted by atomic mass is 32.1. The highest BCUT2D eigenvalue weighted by molar-refractivity contribution is 7.10. The maximum absolute atomic E-state index is 12.7. The van der Waals surface area contributed by atoms with E-state index in [-0.39, 0.29) is 11.6 Å². The molecule has 136 valence electrons. The van der Waals surface area contributed by atoms with Crippen LogP contribution in [0, 0.1) is 0 Å². The van der Waals surface area contributed by atoms with Crippen LogP contribution in [0.1, 0.15) is 69.9 Å². The first-order valence-corrected chi connectivity index (χ1v) is 10.8. The molecule has 5 rings (SSSR count). The fraction of sp³-hybridized carbons (Fsp3) is 0.500. The summed E-state index contributed by atoms with van der Waals surface area (Å²) in [7, 11) is 0. The second-order valence-electron chi connectivity index (χ2n) is 7.90. The number of hydrogen-bond acceptors (Lipinski definition) is 4. The van der Waals surface area contributed by atoms with Gasteiger partial charge in [-0.05, 0) is 73.7 Å². The molecule has 1 spiro atoms. The Hall–Kier alpha value is -1.65. The molecule has 1 aromatic heterocycles. The normalized spacial score (nSPS) is 23.5. The first kappa shape index (κ1) is 16.5. The van der Waals surface area contributed by atoms with Crippen LogP contribution in [0.15, 0.2) is 29.6 Å². The van der Waals surface area contributed by atoms with Gasteiger partial charge in [0.15, 0.2) is 0 Å². The van der Waals surface area contributed by atoms with Crippen LogP contribution in [0.2, 0.25) is 0 Å². The number of nitrogens with one attached hydrogen (secondary N) is 1. The van der Waals surface area contributed by atoms with Crippen LogP contribution >= 0.6 is 11.3 Å². The van der Waals surface area contributed by atoms with E-state index < -0.39 is 0 Å². The zero-order valence-electron chi connectivity index (χ0n) is 15.1. The first-order chi connectivity index (χ1) is 12.8. The number of hydrogen-bond donors (Lipinski definition) is 1. The van der Waals surface area contributed by atoms with E-state index in [0.29, 0.717) is 5.92 Å². The van der Waals surface area contributed by atoms with Crippen molar-refractivity contribution in [3.05, 3.63) is 56.8 Å². The summed E-state index contributed by atoms with van der Waals surface area (Å²) >= 11 is 1.91. The van der Waals surface area contributed by atoms with Crippen molar-refractivity contribution in [3.8, 4) is 0 Å². The average Bonchev–Trinajstić information content (AvgIpc) is 3.25. The Morgan fingerprint density at radius 3 is 3.00 bits per heavy atom. The molecule has 0 radical (unpaired) electrons. The lowest BCUT2D eigenvalue weighted by atomic mass is 9.81. The molecule has 2 aliphatic heterocycles. The third kappa shape index (κ3) is 2.62. The van der Waals surface area contributed by atoms with Gasteiger partial charge in [-0.25, -0.2) is 4.79 Å². The molecule has 0 saturated carbocycles. The summed E-state index contributed by atoms with van der Waals surface area (Å²) in [6.07, 6.45) is 7.68. The van der Waals surface area contributed by atoms with Crippen molar-refractivity contribution >= 4 is 17.3 Å². The van der Waals surface area contributed by atoms with Gasteiger partial charge in [0.2, 0.25) is 0 Å². The van der Waals surface area contributed by atoms with Crippen LogP contribution < -0.4 is 5.32 Å². The van der Waals surface area contributed by atoms with Gasteiger partial charge in [-0.3, -0.25) is 0 Å².